The van der Waals surface area contributed by atoms with Gasteiger partial charge in [0.05, 0.1) is 0 Å². The summed E-state index contributed by atoms with van der Waals surface area (Å²) in [7, 11) is 0. The van der Waals surface area contributed by atoms with Gasteiger partial charge in [-0.25, -0.2) is 0 Å². The fourth-order valence-corrected chi connectivity index (χ4v) is 3.88. The molecule has 1 aromatic carbocycles. The maximum atomic E-state index is 5.89. The van der Waals surface area contributed by atoms with Crippen LogP contribution in [-0.2, 0) is 0 Å². The van der Waals surface area contributed by atoms with E-state index in [4.69, 9.17) is 4.42 Å². The summed E-state index contributed by atoms with van der Waals surface area (Å²) in [4.78, 5) is 9.63. The Balaban J connectivity index is 1.45. The van der Waals surface area contributed by atoms with Crippen molar-refractivity contribution < 1.29 is 4.42 Å². The largest absolute Gasteiger partial charge is 0.423 e. The number of rotatable bonds is 2. The molecule has 4 nitrogen and oxygen atoms in total. The zero-order valence-electron chi connectivity index (χ0n) is 12.7. The fourth-order valence-electron chi connectivity index (χ4n) is 3.88. The molecule has 2 fully saturated rings. The predicted molar refractivity (Wildman–Crippen MR) is 84.6 cm³/mol. The van der Waals surface area contributed by atoms with E-state index in [-0.39, 0.29) is 0 Å². The number of aromatic nitrogens is 1. The smallest absolute Gasteiger partial charge is 0.298 e. The van der Waals surface area contributed by atoms with Crippen molar-refractivity contribution in [1.82, 2.24) is 9.88 Å². The van der Waals surface area contributed by atoms with Crippen LogP contribution in [0.2, 0.25) is 0 Å². The number of nitrogens with zero attached hydrogens (tertiary/aromatic N) is 3. The van der Waals surface area contributed by atoms with Crippen LogP contribution < -0.4 is 4.90 Å². The summed E-state index contributed by atoms with van der Waals surface area (Å²) >= 11 is 0. The number of piperidine rings is 1. The van der Waals surface area contributed by atoms with Gasteiger partial charge in [-0.3, -0.25) is 4.90 Å². The van der Waals surface area contributed by atoms with Gasteiger partial charge in [-0.15, -0.1) is 0 Å². The molecule has 1 atom stereocenters. The molecule has 4 rings (SSSR count). The van der Waals surface area contributed by atoms with Gasteiger partial charge >= 0.3 is 0 Å². The summed E-state index contributed by atoms with van der Waals surface area (Å²) in [6.07, 6.45) is 5.18. The van der Waals surface area contributed by atoms with Crippen molar-refractivity contribution in [3.63, 3.8) is 0 Å². The minimum absolute atomic E-state index is 0.753. The van der Waals surface area contributed by atoms with Crippen LogP contribution in [0.15, 0.2) is 28.7 Å². The van der Waals surface area contributed by atoms with Crippen LogP contribution >= 0.6 is 0 Å². The lowest BCUT2D eigenvalue weighted by molar-refractivity contribution is 0.162. The number of benzene rings is 1. The van der Waals surface area contributed by atoms with E-state index < -0.39 is 0 Å². The van der Waals surface area contributed by atoms with Crippen LogP contribution in [0.25, 0.3) is 11.1 Å². The first-order chi connectivity index (χ1) is 10.3. The number of para-hydroxylation sites is 2. The Morgan fingerprint density at radius 2 is 1.90 bits per heavy atom. The Morgan fingerprint density at radius 1 is 1.10 bits per heavy atom. The highest BCUT2D eigenvalue weighted by Gasteiger charge is 2.31. The van der Waals surface area contributed by atoms with Crippen molar-refractivity contribution in [2.75, 3.05) is 24.5 Å². The summed E-state index contributed by atoms with van der Waals surface area (Å²) in [5.41, 5.74) is 1.85. The molecule has 1 unspecified atom stereocenters. The number of hydrogen-bond donors (Lipinski definition) is 0. The first kappa shape index (κ1) is 13.1. The summed E-state index contributed by atoms with van der Waals surface area (Å²) in [6.45, 7) is 5.77. The normalized spacial score (nSPS) is 25.0. The van der Waals surface area contributed by atoms with Gasteiger partial charge < -0.3 is 9.32 Å². The van der Waals surface area contributed by atoms with Crippen molar-refractivity contribution in [1.29, 1.82) is 0 Å². The molecular formula is C17H23N3O. The summed E-state index contributed by atoms with van der Waals surface area (Å²) in [5.74, 6) is 0. The van der Waals surface area contributed by atoms with Gasteiger partial charge in [0.15, 0.2) is 5.58 Å². The molecule has 0 bridgehead atoms. The molecule has 0 N–H and O–H groups in total. The van der Waals surface area contributed by atoms with Gasteiger partial charge in [-0.2, -0.15) is 4.98 Å². The van der Waals surface area contributed by atoms with Crippen LogP contribution in [0.5, 0.6) is 0 Å². The van der Waals surface area contributed by atoms with Gasteiger partial charge in [0.1, 0.15) is 5.52 Å². The van der Waals surface area contributed by atoms with Crippen molar-refractivity contribution in [2.45, 2.75) is 44.7 Å². The molecule has 21 heavy (non-hydrogen) atoms. The summed E-state index contributed by atoms with van der Waals surface area (Å²) < 4.78 is 5.89. The van der Waals surface area contributed by atoms with Gasteiger partial charge in [-0.05, 0) is 51.3 Å². The van der Waals surface area contributed by atoms with Crippen LogP contribution in [0, 0.1) is 0 Å². The summed E-state index contributed by atoms with van der Waals surface area (Å²) in [5, 5.41) is 0. The Labute approximate surface area is 125 Å². The molecule has 2 saturated heterocycles. The van der Waals surface area contributed by atoms with Crippen LogP contribution in [0.3, 0.4) is 0 Å². The van der Waals surface area contributed by atoms with Crippen LogP contribution in [0.4, 0.5) is 6.01 Å². The fraction of sp³-hybridized carbons (Fsp3) is 0.588. The molecule has 2 aliphatic rings. The molecule has 112 valence electrons. The minimum atomic E-state index is 0.753. The molecular weight excluding hydrogens is 262 g/mol. The van der Waals surface area contributed by atoms with Crippen LogP contribution in [-0.4, -0.2) is 41.6 Å². The van der Waals surface area contributed by atoms with E-state index in [0.717, 1.165) is 42.3 Å². The van der Waals surface area contributed by atoms with E-state index in [1.807, 2.05) is 24.3 Å². The second kappa shape index (κ2) is 5.34. The third-order valence-electron chi connectivity index (χ3n) is 5.09. The van der Waals surface area contributed by atoms with E-state index >= 15 is 0 Å². The zero-order valence-corrected chi connectivity index (χ0v) is 12.7. The molecule has 0 radical (unpaired) electrons. The molecule has 4 heteroatoms. The molecule has 2 aliphatic heterocycles. The van der Waals surface area contributed by atoms with Crippen molar-refractivity contribution in [2.24, 2.45) is 0 Å². The second-order valence-corrected chi connectivity index (χ2v) is 6.41. The highest BCUT2D eigenvalue weighted by atomic mass is 16.4. The highest BCUT2D eigenvalue weighted by molar-refractivity contribution is 5.74. The molecule has 0 saturated carbocycles. The Kier molecular flexibility index (Phi) is 3.34. The van der Waals surface area contributed by atoms with E-state index in [9.17, 15) is 0 Å². The summed E-state index contributed by atoms with van der Waals surface area (Å²) in [6, 6.07) is 10.3. The van der Waals surface area contributed by atoms with E-state index in [0.29, 0.717) is 0 Å². The molecule has 2 aromatic rings. The standard InChI is InChI=1S/C17H23N3O/c1-13-5-4-10-20(13)14-8-11-19(12-9-14)17-18-15-6-2-3-7-16(15)21-17/h2-3,6-7,13-14H,4-5,8-12H2,1H3. The zero-order chi connectivity index (χ0) is 14.2. The third-order valence-corrected chi connectivity index (χ3v) is 5.09. The maximum absolute atomic E-state index is 5.89. The average molecular weight is 285 g/mol. The van der Waals surface area contributed by atoms with Gasteiger partial charge in [-0.1, -0.05) is 12.1 Å². The molecule has 0 spiro atoms. The Bertz CT molecular complexity index is 582. The first-order valence-corrected chi connectivity index (χ1v) is 8.17. The van der Waals surface area contributed by atoms with E-state index in [2.05, 4.69) is 21.7 Å². The SMILES string of the molecule is CC1CCCN1C1CCN(c2nc3ccccc3o2)CC1. The Hall–Kier alpha value is -1.55. The molecule has 0 aliphatic carbocycles. The monoisotopic (exact) mass is 285 g/mol. The lowest BCUT2D eigenvalue weighted by atomic mass is 10.0. The van der Waals surface area contributed by atoms with Gasteiger partial charge in [0.2, 0.25) is 0 Å². The quantitative estimate of drug-likeness (QED) is 0.847. The van der Waals surface area contributed by atoms with Crippen LogP contribution in [0.1, 0.15) is 32.6 Å². The van der Waals surface area contributed by atoms with Crippen molar-refractivity contribution >= 4 is 17.1 Å². The van der Waals surface area contributed by atoms with Gasteiger partial charge in [0, 0.05) is 25.2 Å². The van der Waals surface area contributed by atoms with E-state index in [1.54, 1.807) is 0 Å². The number of fused-ring (bicyclic) bond motifs is 1. The molecule has 3 heterocycles. The third kappa shape index (κ3) is 2.42. The van der Waals surface area contributed by atoms with Crippen molar-refractivity contribution in [3.8, 4) is 0 Å². The van der Waals surface area contributed by atoms with Crippen molar-refractivity contribution in [3.05, 3.63) is 24.3 Å². The highest BCUT2D eigenvalue weighted by Crippen LogP contribution is 2.29. The predicted octanol–water partition coefficient (Wildman–Crippen LogP) is 3.28. The maximum Gasteiger partial charge on any atom is 0.298 e. The number of hydrogen-bond acceptors (Lipinski definition) is 4. The Morgan fingerprint density at radius 3 is 2.62 bits per heavy atom. The number of oxazole rings is 1. The first-order valence-electron chi connectivity index (χ1n) is 8.17. The molecule has 0 amide bonds. The molecule has 1 aromatic heterocycles. The van der Waals surface area contributed by atoms with Gasteiger partial charge in [0.25, 0.3) is 6.01 Å². The number of anilines is 1. The topological polar surface area (TPSA) is 32.5 Å². The average Bonchev–Trinajstić information content (AvgIpc) is 3.13. The lowest BCUT2D eigenvalue weighted by Crippen LogP contribution is -2.46. The second-order valence-electron chi connectivity index (χ2n) is 6.41. The van der Waals surface area contributed by atoms with E-state index in [1.165, 1.54) is 32.2 Å². The number of likely N-dealkylation sites (tertiary alicyclic amines) is 1. The lowest BCUT2D eigenvalue weighted by Gasteiger charge is -2.38. The minimum Gasteiger partial charge on any atom is -0.423 e.